The molecule has 9 heteroatoms. The zero-order chi connectivity index (χ0) is 29.5. The number of carboxylic acids is 1. The Morgan fingerprint density at radius 3 is 2.34 bits per heavy atom. The summed E-state index contributed by atoms with van der Waals surface area (Å²) in [6.07, 6.45) is 6.96. The van der Waals surface area contributed by atoms with E-state index in [2.05, 4.69) is 30.6 Å². The fourth-order valence-corrected chi connectivity index (χ4v) is 7.95. The van der Waals surface area contributed by atoms with Crippen molar-refractivity contribution in [1.82, 2.24) is 10.6 Å². The summed E-state index contributed by atoms with van der Waals surface area (Å²) in [5.41, 5.74) is 0.0884. The molecule has 5 rings (SSSR count). The van der Waals surface area contributed by atoms with Gasteiger partial charge in [-0.15, -0.1) is 0 Å². The third kappa shape index (κ3) is 5.89. The van der Waals surface area contributed by atoms with Crippen LogP contribution in [0, 0.1) is 45.8 Å². The molecule has 3 N–H and O–H groups in total. The number of rotatable bonds is 9. The molecular weight excluding hydrogens is 522 g/mol. The lowest BCUT2D eigenvalue weighted by Gasteiger charge is -2.43. The van der Waals surface area contributed by atoms with Crippen molar-refractivity contribution in [2.45, 2.75) is 90.7 Å². The Kier molecular flexibility index (Phi) is 7.97. The third-order valence-electron chi connectivity index (χ3n) is 10.3. The van der Waals surface area contributed by atoms with Gasteiger partial charge in [-0.05, 0) is 93.9 Å². The Bertz CT molecular complexity index is 1240. The van der Waals surface area contributed by atoms with Gasteiger partial charge in [-0.3, -0.25) is 14.4 Å². The molecule has 0 spiro atoms. The van der Waals surface area contributed by atoms with E-state index in [1.807, 2.05) is 0 Å². The van der Waals surface area contributed by atoms with Crippen molar-refractivity contribution >= 4 is 17.8 Å². The summed E-state index contributed by atoms with van der Waals surface area (Å²) >= 11 is 0. The van der Waals surface area contributed by atoms with Crippen LogP contribution >= 0.6 is 0 Å². The van der Waals surface area contributed by atoms with Gasteiger partial charge >= 0.3 is 5.97 Å². The number of carboxylic acid groups (broad SMARTS) is 1. The molecular formula is C32H43N3O6. The predicted molar refractivity (Wildman–Crippen MR) is 151 cm³/mol. The molecule has 0 radical (unpaired) electrons. The van der Waals surface area contributed by atoms with Gasteiger partial charge in [-0.1, -0.05) is 13.8 Å². The Morgan fingerprint density at radius 2 is 1.73 bits per heavy atom. The van der Waals surface area contributed by atoms with Crippen LogP contribution in [0.4, 0.5) is 0 Å². The minimum atomic E-state index is -0.809. The average molecular weight is 566 g/mol. The fourth-order valence-electron chi connectivity index (χ4n) is 7.95. The van der Waals surface area contributed by atoms with E-state index in [1.165, 1.54) is 13.2 Å². The summed E-state index contributed by atoms with van der Waals surface area (Å²) < 4.78 is 11.7. The first-order chi connectivity index (χ1) is 19.4. The maximum atomic E-state index is 13.7. The summed E-state index contributed by atoms with van der Waals surface area (Å²) in [5, 5.41) is 25.7. The monoisotopic (exact) mass is 565 g/mol. The van der Waals surface area contributed by atoms with Crippen LogP contribution in [0.2, 0.25) is 0 Å². The molecule has 2 amide bonds. The predicted octanol–water partition coefficient (Wildman–Crippen LogP) is 4.68. The molecule has 0 saturated heterocycles. The number of aliphatic carboxylic acids is 1. The van der Waals surface area contributed by atoms with E-state index >= 15 is 0 Å². The molecule has 4 atom stereocenters. The number of hydrogen-bond acceptors (Lipinski definition) is 6. The largest absolute Gasteiger partial charge is 0.496 e. The first-order valence-corrected chi connectivity index (χ1v) is 15.0. The second-order valence-electron chi connectivity index (χ2n) is 13.9. The highest BCUT2D eigenvalue weighted by atomic mass is 16.5. The number of nitrogens with one attached hydrogen (secondary N) is 2. The van der Waals surface area contributed by atoms with Gasteiger partial charge in [0.2, 0.25) is 5.91 Å². The van der Waals surface area contributed by atoms with Gasteiger partial charge in [0.05, 0.1) is 35.7 Å². The van der Waals surface area contributed by atoms with Crippen LogP contribution in [0.5, 0.6) is 11.5 Å². The normalized spacial score (nSPS) is 31.9. The van der Waals surface area contributed by atoms with E-state index in [1.54, 1.807) is 13.0 Å². The van der Waals surface area contributed by atoms with Crippen LogP contribution in [0.15, 0.2) is 12.1 Å². The summed E-state index contributed by atoms with van der Waals surface area (Å²) in [6.45, 7) is 6.95. The zero-order valence-electron chi connectivity index (χ0n) is 24.6. The van der Waals surface area contributed by atoms with Crippen molar-refractivity contribution < 1.29 is 29.0 Å². The van der Waals surface area contributed by atoms with Crippen molar-refractivity contribution in [3.63, 3.8) is 0 Å². The van der Waals surface area contributed by atoms with Crippen LogP contribution in [-0.4, -0.2) is 48.7 Å². The van der Waals surface area contributed by atoms with Crippen molar-refractivity contribution in [3.05, 3.63) is 23.3 Å². The smallest absolute Gasteiger partial charge is 0.309 e. The van der Waals surface area contributed by atoms with Crippen molar-refractivity contribution in [1.29, 1.82) is 5.26 Å². The molecule has 9 nitrogen and oxygen atoms in total. The lowest BCUT2D eigenvalue weighted by Crippen LogP contribution is -2.51. The van der Waals surface area contributed by atoms with Gasteiger partial charge in [0.25, 0.3) is 5.91 Å². The van der Waals surface area contributed by atoms with Gasteiger partial charge in [0.15, 0.2) is 0 Å². The first kappa shape index (κ1) is 29.2. The minimum absolute atomic E-state index is 0.0358. The summed E-state index contributed by atoms with van der Waals surface area (Å²) in [6, 6.07) is 4.94. The van der Waals surface area contributed by atoms with Gasteiger partial charge in [-0.2, -0.15) is 5.26 Å². The Balaban J connectivity index is 1.29. The highest BCUT2D eigenvalue weighted by Crippen LogP contribution is 2.49. The molecule has 1 aromatic rings. The highest BCUT2D eigenvalue weighted by molar-refractivity contribution is 5.98. The number of nitrogens with zero attached hydrogens (tertiary/aromatic N) is 1. The van der Waals surface area contributed by atoms with Crippen molar-refractivity contribution in [2.24, 2.45) is 34.5 Å². The number of hydrogen-bond donors (Lipinski definition) is 3. The first-order valence-electron chi connectivity index (χ1n) is 15.0. The van der Waals surface area contributed by atoms with Crippen molar-refractivity contribution in [3.8, 4) is 17.6 Å². The van der Waals surface area contributed by atoms with E-state index in [4.69, 9.17) is 9.47 Å². The lowest BCUT2D eigenvalue weighted by molar-refractivity contribution is -0.150. The van der Waals surface area contributed by atoms with Crippen molar-refractivity contribution in [2.75, 3.05) is 13.7 Å². The lowest BCUT2D eigenvalue weighted by atomic mass is 9.64. The molecule has 4 fully saturated rings. The van der Waals surface area contributed by atoms with Gasteiger partial charge < -0.3 is 25.2 Å². The second kappa shape index (κ2) is 11.2. The second-order valence-corrected chi connectivity index (χ2v) is 13.9. The summed E-state index contributed by atoms with van der Waals surface area (Å²) in [7, 11) is 1.46. The maximum Gasteiger partial charge on any atom is 0.309 e. The molecule has 4 saturated carbocycles. The molecule has 0 aliphatic heterocycles. The number of ether oxygens (including phenoxy) is 2. The topological polar surface area (TPSA) is 138 Å². The molecule has 4 aliphatic rings. The summed E-state index contributed by atoms with van der Waals surface area (Å²) in [5.74, 6) is 0.222. The number of carbonyl (C=O) groups excluding carboxylic acids is 2. The Hall–Kier alpha value is -3.28. The van der Waals surface area contributed by atoms with Crippen LogP contribution in [0.3, 0.4) is 0 Å². The fraction of sp³-hybridized carbons (Fsp3) is 0.688. The zero-order valence-corrected chi connectivity index (χ0v) is 24.6. The highest BCUT2D eigenvalue weighted by Gasteiger charge is 2.51. The Morgan fingerprint density at radius 1 is 1.05 bits per heavy atom. The molecule has 4 unspecified atom stereocenters. The summed E-state index contributed by atoms with van der Waals surface area (Å²) in [4.78, 5) is 38.7. The third-order valence-corrected chi connectivity index (χ3v) is 10.3. The number of methoxy groups -OCH3 is 1. The van der Waals surface area contributed by atoms with Crippen LogP contribution < -0.4 is 20.1 Å². The standard InChI is InChI=1S/C32H43N3O6/c1-31(2)14-18(15-31)17-34-29(37)26-19-5-6-20(11-19)27(26)35-28(36)23-13-24(21(16-33)12-25(23)40-4)41-22-7-9-32(3,10-8-22)30(38)39/h12-13,18-20,22,26-27H,5-11,14-15,17H2,1-4H3,(H,34,37)(H,35,36)(H,38,39). The maximum absolute atomic E-state index is 13.7. The molecule has 0 aromatic heterocycles. The van der Waals surface area contributed by atoms with Crippen LogP contribution in [-0.2, 0) is 9.59 Å². The molecule has 222 valence electrons. The number of amides is 2. The Labute approximate surface area is 242 Å². The van der Waals surface area contributed by atoms with Crippen LogP contribution in [0.25, 0.3) is 0 Å². The van der Waals surface area contributed by atoms with E-state index in [9.17, 15) is 24.8 Å². The van der Waals surface area contributed by atoms with Crippen LogP contribution in [0.1, 0.15) is 94.5 Å². The van der Waals surface area contributed by atoms with E-state index in [-0.39, 0.29) is 64.3 Å². The minimum Gasteiger partial charge on any atom is -0.496 e. The number of nitriles is 1. The number of fused-ring (bicyclic) bond motifs is 2. The quantitative estimate of drug-likeness (QED) is 0.395. The number of benzene rings is 1. The van der Waals surface area contributed by atoms with E-state index in [0.29, 0.717) is 43.6 Å². The average Bonchev–Trinajstić information content (AvgIpc) is 3.53. The van der Waals surface area contributed by atoms with Gasteiger partial charge in [-0.25, -0.2) is 0 Å². The molecule has 1 aromatic carbocycles. The number of carbonyl (C=O) groups is 3. The molecule has 0 heterocycles. The molecule has 4 aliphatic carbocycles. The van der Waals surface area contributed by atoms with Gasteiger partial charge in [0, 0.05) is 18.7 Å². The molecule has 2 bridgehead atoms. The van der Waals surface area contributed by atoms with Gasteiger partial charge in [0.1, 0.15) is 17.6 Å². The SMILES string of the molecule is COc1cc(C#N)c(OC2CCC(C)(C(=O)O)CC2)cc1C(=O)NC1C2CCC(C2)C1C(=O)NCC1CC(C)(C)C1. The molecule has 41 heavy (non-hydrogen) atoms. The van der Waals surface area contributed by atoms with E-state index < -0.39 is 11.4 Å². The van der Waals surface area contributed by atoms with E-state index in [0.717, 1.165) is 32.1 Å².